The summed E-state index contributed by atoms with van der Waals surface area (Å²) in [5.41, 5.74) is 40.6. The minimum Gasteiger partial charge on any atom is -0.309 e. The molecule has 0 saturated carbocycles. The second kappa shape index (κ2) is 25.7. The molecule has 0 unspecified atom stereocenters. The van der Waals surface area contributed by atoms with E-state index in [1.165, 1.54) is 171 Å². The second-order valence-corrected chi connectivity index (χ2v) is 36.8. The molecule has 0 atom stereocenters. The first-order valence-corrected chi connectivity index (χ1v) is 44.1. The molecule has 126 heavy (non-hydrogen) atoms. The Bertz CT molecular complexity index is 8670. The first kappa shape index (κ1) is 70.9. The van der Waals surface area contributed by atoms with E-state index in [2.05, 4.69) is 447 Å². The molecule has 0 aliphatic heterocycles. The van der Waals surface area contributed by atoms with Gasteiger partial charge >= 0.3 is 0 Å². The number of rotatable bonds is 9. The summed E-state index contributed by atoms with van der Waals surface area (Å²) in [6.45, 7) is 14.2. The van der Waals surface area contributed by atoms with E-state index < -0.39 is 0 Å². The highest BCUT2D eigenvalue weighted by molar-refractivity contribution is 6.17. The van der Waals surface area contributed by atoms with Gasteiger partial charge in [-0.25, -0.2) is 9.97 Å². The van der Waals surface area contributed by atoms with Gasteiger partial charge in [-0.2, -0.15) is 0 Å². The van der Waals surface area contributed by atoms with Gasteiger partial charge in [0.05, 0.1) is 60.7 Å². The molecule has 18 aromatic carbocycles. The van der Waals surface area contributed by atoms with E-state index in [0.29, 0.717) is 5.82 Å². The van der Waals surface area contributed by atoms with Crippen molar-refractivity contribution in [3.8, 4) is 107 Å². The van der Waals surface area contributed by atoms with Crippen LogP contribution in [0.5, 0.6) is 0 Å². The van der Waals surface area contributed by atoms with E-state index in [4.69, 9.17) is 9.97 Å². The molecule has 0 spiro atoms. The van der Waals surface area contributed by atoms with Crippen LogP contribution in [0.1, 0.15) is 74.9 Å². The van der Waals surface area contributed by atoms with Crippen LogP contribution >= 0.6 is 0 Å². The summed E-state index contributed by atoms with van der Waals surface area (Å²) in [4.78, 5) is 11.2. The SMILES string of the molecule is CC1(C)c2ccccc2-c2ccc(-n3c4ccccc4c4cc(-c5ccc6c(c5)c5ccccc5n6-c5ccc(-c6nc(-n7c8ccc(-c9ccc%10c(c9)c9ccccc9n%10-c9ccc%10c(c9)C(C)(C)c9ccccc9-%10)cc8c8cc(-c9ccc%10c(c9)c9ccccc9n%10-c9ccc%10c(c9)C(C)(C)c9ccccc9-%10)ccc87)c7ccccc7n6)cc5)ccc43)cc21. The topological polar surface area (TPSA) is 50.4 Å². The highest BCUT2D eigenvalue weighted by Crippen LogP contribution is 2.55. The lowest BCUT2D eigenvalue weighted by molar-refractivity contribution is 0.660. The lowest BCUT2D eigenvalue weighted by Crippen LogP contribution is -2.15. The third-order valence-corrected chi connectivity index (χ3v) is 29.1. The molecule has 24 aromatic rings. The van der Waals surface area contributed by atoms with Crippen molar-refractivity contribution in [3.63, 3.8) is 0 Å². The summed E-state index contributed by atoms with van der Waals surface area (Å²) in [6, 6.07) is 143. The quantitative estimate of drug-likeness (QED) is 0.145. The molecule has 0 saturated heterocycles. The predicted octanol–water partition coefficient (Wildman–Crippen LogP) is 30.7. The first-order valence-electron chi connectivity index (χ1n) is 44.1. The van der Waals surface area contributed by atoms with Crippen molar-refractivity contribution in [3.05, 3.63) is 416 Å². The molecule has 27 rings (SSSR count). The maximum absolute atomic E-state index is 5.78. The lowest BCUT2D eigenvalue weighted by atomic mass is 9.82. The van der Waals surface area contributed by atoms with Crippen LogP contribution in [0.3, 0.4) is 0 Å². The Morgan fingerprint density at radius 1 is 0.175 bits per heavy atom. The summed E-state index contributed by atoms with van der Waals surface area (Å²) in [7, 11) is 0. The zero-order valence-electron chi connectivity index (χ0n) is 70.5. The van der Waals surface area contributed by atoms with E-state index in [0.717, 1.165) is 83.1 Å². The Morgan fingerprint density at radius 3 is 0.762 bits per heavy atom. The van der Waals surface area contributed by atoms with E-state index in [9.17, 15) is 0 Å². The van der Waals surface area contributed by atoms with Gasteiger partial charge in [0.2, 0.25) is 0 Å². The standard InChI is InChI=1S/C119H81N7/c1-117(2)98-31-15-7-23-81(98)84-52-49-78(67-101(84)117)123-106-36-20-12-27-88(106)93-62-72(42-56-110(93)123)71-41-55-109-92(61-71)87-26-11-19-35-105(87)122(109)77-47-39-70(40-48-77)115-120-104-34-18-10-30-91(104)116(121-115)126-113-59-45-75(73-43-57-111-94(63-73)89-28-13-21-37-107(89)124(111)79-50-53-85-82-24-8-16-32-99(82)118(3,4)102(85)68-79)65-96(113)97-66-76(46-60-114(97)126)74-44-58-112-95(64-74)90-29-14-22-38-108(90)125(112)80-51-54-86-83-25-9-17-33-100(83)119(5,6)103(86)69-80/h7-69H,1-6H3. The average molecular weight is 1610 g/mol. The summed E-state index contributed by atoms with van der Waals surface area (Å²) >= 11 is 0. The zero-order chi connectivity index (χ0) is 83.5. The molecule has 0 radical (unpaired) electrons. The molecule has 592 valence electrons. The lowest BCUT2D eigenvalue weighted by Gasteiger charge is -2.22. The highest BCUT2D eigenvalue weighted by Gasteiger charge is 2.39. The predicted molar refractivity (Wildman–Crippen MR) is 526 cm³/mol. The number of para-hydroxylation sites is 5. The summed E-state index contributed by atoms with van der Waals surface area (Å²) < 4.78 is 12.2. The minimum atomic E-state index is -0.134. The normalized spacial score (nSPS) is 14.0. The molecule has 6 heterocycles. The molecule has 7 heteroatoms. The smallest absolute Gasteiger partial charge is 0.162 e. The van der Waals surface area contributed by atoms with Crippen molar-refractivity contribution in [2.75, 3.05) is 0 Å². The third kappa shape index (κ3) is 9.88. The van der Waals surface area contributed by atoms with E-state index >= 15 is 0 Å². The fourth-order valence-corrected chi connectivity index (χ4v) is 22.9. The van der Waals surface area contributed by atoms with Gasteiger partial charge in [0, 0.05) is 104 Å². The first-order chi connectivity index (χ1) is 61.7. The van der Waals surface area contributed by atoms with Crippen molar-refractivity contribution in [2.45, 2.75) is 57.8 Å². The highest BCUT2D eigenvalue weighted by atomic mass is 15.1. The van der Waals surface area contributed by atoms with Gasteiger partial charge in [0.15, 0.2) is 5.82 Å². The Hall–Kier alpha value is -15.7. The Morgan fingerprint density at radius 2 is 0.421 bits per heavy atom. The molecular weight excluding hydrogens is 1530 g/mol. The average Bonchev–Trinajstić information content (AvgIpc) is 1.57. The number of fused-ring (bicyclic) bond motifs is 25. The van der Waals surface area contributed by atoms with Crippen LogP contribution in [-0.2, 0) is 16.2 Å². The number of benzene rings is 18. The molecule has 0 amide bonds. The number of hydrogen-bond acceptors (Lipinski definition) is 2. The molecular formula is C119H81N7. The van der Waals surface area contributed by atoms with Crippen LogP contribution in [0, 0.1) is 0 Å². The van der Waals surface area contributed by atoms with Crippen molar-refractivity contribution in [2.24, 2.45) is 0 Å². The Balaban J connectivity index is 0.580. The van der Waals surface area contributed by atoms with Gasteiger partial charge in [0.1, 0.15) is 5.82 Å². The molecule has 0 bridgehead atoms. The van der Waals surface area contributed by atoms with Crippen LogP contribution in [0.25, 0.3) is 227 Å². The summed E-state index contributed by atoms with van der Waals surface area (Å²) in [5.74, 6) is 1.47. The Labute approximate surface area is 727 Å². The number of nitrogens with zero attached hydrogens (tertiary/aromatic N) is 7. The van der Waals surface area contributed by atoms with Crippen molar-refractivity contribution in [1.82, 2.24) is 32.8 Å². The number of hydrogen-bond donors (Lipinski definition) is 0. The van der Waals surface area contributed by atoms with Gasteiger partial charge in [-0.3, -0.25) is 4.57 Å². The molecule has 3 aliphatic rings. The minimum absolute atomic E-state index is 0.108. The van der Waals surface area contributed by atoms with E-state index in [-0.39, 0.29) is 16.2 Å². The van der Waals surface area contributed by atoms with E-state index in [1.807, 2.05) is 0 Å². The number of aromatic nitrogens is 7. The zero-order valence-corrected chi connectivity index (χ0v) is 70.5. The fourth-order valence-electron chi connectivity index (χ4n) is 22.9. The molecule has 6 aromatic heterocycles. The van der Waals surface area contributed by atoms with Crippen LogP contribution < -0.4 is 0 Å². The Kier molecular flexibility index (Phi) is 14.5. The van der Waals surface area contributed by atoms with Gasteiger partial charge in [-0.15, -0.1) is 0 Å². The van der Waals surface area contributed by atoms with Gasteiger partial charge in [-0.05, 0) is 270 Å². The summed E-state index contributed by atoms with van der Waals surface area (Å²) in [6.07, 6.45) is 0. The fraction of sp³-hybridized carbons (Fsp3) is 0.0756. The van der Waals surface area contributed by atoms with Crippen molar-refractivity contribution >= 4 is 120 Å². The van der Waals surface area contributed by atoms with Crippen LogP contribution in [0.2, 0.25) is 0 Å². The molecule has 7 nitrogen and oxygen atoms in total. The van der Waals surface area contributed by atoms with Gasteiger partial charge in [-0.1, -0.05) is 254 Å². The molecule has 3 aliphatic carbocycles. The van der Waals surface area contributed by atoms with E-state index in [1.54, 1.807) is 0 Å². The van der Waals surface area contributed by atoms with Gasteiger partial charge in [0.25, 0.3) is 0 Å². The van der Waals surface area contributed by atoms with Crippen molar-refractivity contribution < 1.29 is 0 Å². The molecule has 0 fully saturated rings. The largest absolute Gasteiger partial charge is 0.309 e. The van der Waals surface area contributed by atoms with Crippen molar-refractivity contribution in [1.29, 1.82) is 0 Å². The molecule has 0 N–H and O–H groups in total. The summed E-state index contributed by atoms with van der Waals surface area (Å²) in [5, 5.41) is 13.0. The maximum atomic E-state index is 5.78. The maximum Gasteiger partial charge on any atom is 0.162 e. The van der Waals surface area contributed by atoms with Crippen LogP contribution in [-0.4, -0.2) is 32.8 Å². The third-order valence-electron chi connectivity index (χ3n) is 29.1. The van der Waals surface area contributed by atoms with Crippen LogP contribution in [0.15, 0.2) is 382 Å². The monoisotopic (exact) mass is 1610 g/mol. The van der Waals surface area contributed by atoms with Crippen LogP contribution in [0.4, 0.5) is 0 Å². The second-order valence-electron chi connectivity index (χ2n) is 36.8. The van der Waals surface area contributed by atoms with Gasteiger partial charge < -0.3 is 18.3 Å².